The van der Waals surface area contributed by atoms with E-state index < -0.39 is 5.91 Å². The summed E-state index contributed by atoms with van der Waals surface area (Å²) in [7, 11) is 0. The minimum absolute atomic E-state index is 0.250. The van der Waals surface area contributed by atoms with Gasteiger partial charge in [-0.25, -0.2) is 9.97 Å². The SMILES string of the molecule is N#Cc1ccccc1NC(=O)c1cnc(Nc2cccc(Cl)c2Cl)nc1. The van der Waals surface area contributed by atoms with Crippen LogP contribution in [-0.4, -0.2) is 15.9 Å². The Kier molecular flexibility index (Phi) is 5.32. The van der Waals surface area contributed by atoms with E-state index in [9.17, 15) is 4.79 Å². The van der Waals surface area contributed by atoms with Gasteiger partial charge >= 0.3 is 0 Å². The molecule has 26 heavy (non-hydrogen) atoms. The number of halogens is 2. The molecule has 0 saturated heterocycles. The predicted molar refractivity (Wildman–Crippen MR) is 101 cm³/mol. The second-order valence-corrected chi connectivity index (χ2v) is 5.92. The normalized spacial score (nSPS) is 10.0. The van der Waals surface area contributed by atoms with Crippen molar-refractivity contribution in [2.45, 2.75) is 0 Å². The summed E-state index contributed by atoms with van der Waals surface area (Å²) in [5.74, 6) is -0.150. The molecule has 0 spiro atoms. The zero-order valence-corrected chi connectivity index (χ0v) is 14.7. The maximum Gasteiger partial charge on any atom is 0.258 e. The maximum atomic E-state index is 12.3. The third kappa shape index (κ3) is 3.91. The Morgan fingerprint density at radius 1 is 1.00 bits per heavy atom. The van der Waals surface area contributed by atoms with Crippen LogP contribution in [0.15, 0.2) is 54.9 Å². The lowest BCUT2D eigenvalue weighted by Crippen LogP contribution is -2.14. The Labute approximate surface area is 159 Å². The highest BCUT2D eigenvalue weighted by atomic mass is 35.5. The van der Waals surface area contributed by atoms with Crippen LogP contribution in [0.5, 0.6) is 0 Å². The van der Waals surface area contributed by atoms with Gasteiger partial charge in [0, 0.05) is 12.4 Å². The third-order valence-corrected chi connectivity index (χ3v) is 4.23. The molecule has 128 valence electrons. The smallest absolute Gasteiger partial charge is 0.258 e. The van der Waals surface area contributed by atoms with Gasteiger partial charge in [-0.2, -0.15) is 5.26 Å². The highest BCUT2D eigenvalue weighted by molar-refractivity contribution is 6.43. The van der Waals surface area contributed by atoms with E-state index in [1.54, 1.807) is 42.5 Å². The monoisotopic (exact) mass is 383 g/mol. The molecule has 3 rings (SSSR count). The van der Waals surface area contributed by atoms with Gasteiger partial charge in [0.15, 0.2) is 0 Å². The van der Waals surface area contributed by atoms with E-state index in [-0.39, 0.29) is 11.5 Å². The number of carbonyl (C=O) groups excluding carboxylic acids is 1. The summed E-state index contributed by atoms with van der Waals surface area (Å²) in [5, 5.41) is 15.4. The first-order valence-electron chi connectivity index (χ1n) is 7.42. The van der Waals surface area contributed by atoms with Crippen molar-refractivity contribution in [3.8, 4) is 6.07 Å². The van der Waals surface area contributed by atoms with Gasteiger partial charge in [0.2, 0.25) is 5.95 Å². The fourth-order valence-electron chi connectivity index (χ4n) is 2.11. The summed E-state index contributed by atoms with van der Waals surface area (Å²) in [6.45, 7) is 0. The zero-order chi connectivity index (χ0) is 18.5. The first-order valence-corrected chi connectivity index (χ1v) is 8.17. The fraction of sp³-hybridized carbons (Fsp3) is 0. The molecule has 1 amide bonds. The Morgan fingerprint density at radius 2 is 1.69 bits per heavy atom. The van der Waals surface area contributed by atoms with Crippen LogP contribution in [0.2, 0.25) is 10.0 Å². The van der Waals surface area contributed by atoms with Gasteiger partial charge in [0.1, 0.15) is 6.07 Å². The molecule has 0 bridgehead atoms. The van der Waals surface area contributed by atoms with Crippen molar-refractivity contribution in [1.82, 2.24) is 9.97 Å². The lowest BCUT2D eigenvalue weighted by molar-refractivity contribution is 0.102. The van der Waals surface area contributed by atoms with Crippen LogP contribution in [0, 0.1) is 11.3 Å². The molecule has 8 heteroatoms. The number of nitrogens with zero attached hydrogens (tertiary/aromatic N) is 3. The number of benzene rings is 2. The van der Waals surface area contributed by atoms with Crippen molar-refractivity contribution in [3.63, 3.8) is 0 Å². The number of nitrogens with one attached hydrogen (secondary N) is 2. The van der Waals surface area contributed by atoms with Gasteiger partial charge in [0.05, 0.1) is 32.5 Å². The van der Waals surface area contributed by atoms with Crippen molar-refractivity contribution >= 4 is 46.4 Å². The highest BCUT2D eigenvalue weighted by Crippen LogP contribution is 2.30. The van der Waals surface area contributed by atoms with E-state index in [4.69, 9.17) is 28.5 Å². The molecule has 0 aliphatic carbocycles. The molecule has 2 N–H and O–H groups in total. The van der Waals surface area contributed by atoms with E-state index in [2.05, 4.69) is 20.6 Å². The number of para-hydroxylation sites is 1. The summed E-state index contributed by atoms with van der Waals surface area (Å²) in [4.78, 5) is 20.5. The number of amides is 1. The Morgan fingerprint density at radius 3 is 2.42 bits per heavy atom. The molecule has 0 unspecified atom stereocenters. The molecule has 1 heterocycles. The molecule has 0 fully saturated rings. The van der Waals surface area contributed by atoms with Crippen LogP contribution in [0.25, 0.3) is 0 Å². The van der Waals surface area contributed by atoms with Crippen LogP contribution in [0.4, 0.5) is 17.3 Å². The van der Waals surface area contributed by atoms with Crippen molar-refractivity contribution in [3.05, 3.63) is 76.0 Å². The van der Waals surface area contributed by atoms with Gasteiger partial charge in [-0.15, -0.1) is 0 Å². The lowest BCUT2D eigenvalue weighted by Gasteiger charge is -2.09. The van der Waals surface area contributed by atoms with Gasteiger partial charge in [-0.05, 0) is 24.3 Å². The molecular weight excluding hydrogens is 373 g/mol. The van der Waals surface area contributed by atoms with Gasteiger partial charge in [0.25, 0.3) is 5.91 Å². The average molecular weight is 384 g/mol. The van der Waals surface area contributed by atoms with Crippen LogP contribution < -0.4 is 10.6 Å². The Hall–Kier alpha value is -3.14. The predicted octanol–water partition coefficient (Wildman–Crippen LogP) is 4.65. The molecule has 2 aromatic carbocycles. The van der Waals surface area contributed by atoms with Crippen LogP contribution in [-0.2, 0) is 0 Å². The molecule has 0 aliphatic rings. The second kappa shape index (κ2) is 7.83. The van der Waals surface area contributed by atoms with E-state index in [0.717, 1.165) is 0 Å². The van der Waals surface area contributed by atoms with E-state index in [0.29, 0.717) is 27.0 Å². The Bertz CT molecular complexity index is 999. The Balaban J connectivity index is 1.74. The van der Waals surface area contributed by atoms with Gasteiger partial charge < -0.3 is 10.6 Å². The maximum absolute atomic E-state index is 12.3. The number of hydrogen-bond donors (Lipinski definition) is 2. The summed E-state index contributed by atoms with van der Waals surface area (Å²) in [6, 6.07) is 13.9. The van der Waals surface area contributed by atoms with Gasteiger partial charge in [-0.1, -0.05) is 41.4 Å². The summed E-state index contributed by atoms with van der Waals surface area (Å²) >= 11 is 12.1. The van der Waals surface area contributed by atoms with Crippen molar-refractivity contribution in [1.29, 1.82) is 5.26 Å². The molecular formula is C18H11Cl2N5O. The fourth-order valence-corrected chi connectivity index (χ4v) is 2.46. The third-order valence-electron chi connectivity index (χ3n) is 3.41. The number of anilines is 3. The first-order chi connectivity index (χ1) is 12.6. The second-order valence-electron chi connectivity index (χ2n) is 5.13. The van der Waals surface area contributed by atoms with Crippen molar-refractivity contribution in [2.75, 3.05) is 10.6 Å². The standard InChI is InChI=1S/C18H11Cl2N5O/c19-13-5-3-7-15(16(13)20)25-18-22-9-12(10-23-18)17(26)24-14-6-2-1-4-11(14)8-21/h1-7,9-10H,(H,24,26)(H,22,23,25). The van der Waals surface area contributed by atoms with Crippen LogP contribution in [0.1, 0.15) is 15.9 Å². The van der Waals surface area contributed by atoms with Crippen LogP contribution in [0.3, 0.4) is 0 Å². The average Bonchev–Trinajstić information content (AvgIpc) is 2.66. The minimum Gasteiger partial charge on any atom is -0.323 e. The largest absolute Gasteiger partial charge is 0.323 e. The molecule has 0 atom stereocenters. The van der Waals surface area contributed by atoms with Crippen LogP contribution >= 0.6 is 23.2 Å². The number of carbonyl (C=O) groups is 1. The summed E-state index contributed by atoms with van der Waals surface area (Å²) < 4.78 is 0. The van der Waals surface area contributed by atoms with Crippen molar-refractivity contribution in [2.24, 2.45) is 0 Å². The van der Waals surface area contributed by atoms with E-state index in [1.807, 2.05) is 6.07 Å². The number of hydrogen-bond acceptors (Lipinski definition) is 5. The quantitative estimate of drug-likeness (QED) is 0.683. The van der Waals surface area contributed by atoms with E-state index in [1.165, 1.54) is 12.4 Å². The number of rotatable bonds is 4. The highest BCUT2D eigenvalue weighted by Gasteiger charge is 2.11. The lowest BCUT2D eigenvalue weighted by atomic mass is 10.2. The molecule has 6 nitrogen and oxygen atoms in total. The molecule has 3 aromatic rings. The van der Waals surface area contributed by atoms with Gasteiger partial charge in [-0.3, -0.25) is 4.79 Å². The minimum atomic E-state index is -0.417. The number of nitriles is 1. The molecule has 0 radical (unpaired) electrons. The zero-order valence-electron chi connectivity index (χ0n) is 13.2. The van der Waals surface area contributed by atoms with E-state index >= 15 is 0 Å². The topological polar surface area (TPSA) is 90.7 Å². The summed E-state index contributed by atoms with van der Waals surface area (Å²) in [6.07, 6.45) is 2.75. The summed E-state index contributed by atoms with van der Waals surface area (Å²) in [5.41, 5.74) is 1.60. The molecule has 0 aliphatic heterocycles. The van der Waals surface area contributed by atoms with Crippen molar-refractivity contribution < 1.29 is 4.79 Å². The first kappa shape index (κ1) is 17.7. The number of aromatic nitrogens is 2. The molecule has 1 aromatic heterocycles. The molecule has 0 saturated carbocycles.